The summed E-state index contributed by atoms with van der Waals surface area (Å²) in [4.78, 5) is 5.99. The fraction of sp³-hybridized carbons (Fsp3) is 0.438. The highest BCUT2D eigenvalue weighted by Crippen LogP contribution is 2.42. The van der Waals surface area contributed by atoms with Crippen LogP contribution in [0.4, 0.5) is 0 Å². The van der Waals surface area contributed by atoms with E-state index in [-0.39, 0.29) is 0 Å². The Morgan fingerprint density at radius 1 is 1.24 bits per heavy atom. The van der Waals surface area contributed by atoms with Crippen LogP contribution in [0.15, 0.2) is 24.3 Å². The maximum atomic E-state index is 5.80. The summed E-state index contributed by atoms with van der Waals surface area (Å²) in [5.74, 6) is 2.36. The molecular formula is C16H20N2O2S. The second-order valence-corrected chi connectivity index (χ2v) is 6.34. The highest BCUT2D eigenvalue weighted by atomic mass is 32.1. The predicted octanol–water partition coefficient (Wildman–Crippen LogP) is 3.11. The van der Waals surface area contributed by atoms with E-state index in [2.05, 4.69) is 0 Å². The molecule has 2 N–H and O–H groups in total. The average molecular weight is 304 g/mol. The molecule has 0 spiro atoms. The lowest BCUT2D eigenvalue weighted by atomic mass is 10.2. The maximum Gasteiger partial charge on any atom is 0.119 e. The second kappa shape index (κ2) is 6.45. The van der Waals surface area contributed by atoms with Gasteiger partial charge in [-0.25, -0.2) is 4.98 Å². The Morgan fingerprint density at radius 3 is 2.57 bits per heavy atom. The molecule has 0 unspecified atom stereocenters. The van der Waals surface area contributed by atoms with E-state index in [0.717, 1.165) is 22.9 Å². The predicted molar refractivity (Wildman–Crippen MR) is 84.2 cm³/mol. The molecule has 0 radical (unpaired) electrons. The van der Waals surface area contributed by atoms with E-state index in [0.29, 0.717) is 19.1 Å². The molecule has 0 bridgehead atoms. The Balaban J connectivity index is 1.54. The molecule has 1 heterocycles. The minimum atomic E-state index is 0.600. The first-order chi connectivity index (χ1) is 10.3. The normalized spacial score (nSPS) is 14.2. The smallest absolute Gasteiger partial charge is 0.119 e. The van der Waals surface area contributed by atoms with Crippen molar-refractivity contribution in [2.75, 3.05) is 13.7 Å². The van der Waals surface area contributed by atoms with Crippen molar-refractivity contribution in [1.82, 2.24) is 4.98 Å². The van der Waals surface area contributed by atoms with Crippen molar-refractivity contribution in [3.05, 3.63) is 39.8 Å². The zero-order valence-electron chi connectivity index (χ0n) is 12.2. The van der Waals surface area contributed by atoms with Crippen LogP contribution < -0.4 is 15.2 Å². The molecule has 4 nitrogen and oxygen atoms in total. The van der Waals surface area contributed by atoms with Crippen molar-refractivity contribution in [3.8, 4) is 11.5 Å². The number of hydrogen-bond donors (Lipinski definition) is 1. The summed E-state index contributed by atoms with van der Waals surface area (Å²) in [7, 11) is 1.66. The molecule has 1 aromatic carbocycles. The Bertz CT molecular complexity index is 591. The molecule has 21 heavy (non-hydrogen) atoms. The number of ether oxygens (including phenoxy) is 2. The Morgan fingerprint density at radius 2 is 1.95 bits per heavy atom. The van der Waals surface area contributed by atoms with Gasteiger partial charge in [0.15, 0.2) is 0 Å². The Labute approximate surface area is 128 Å². The van der Waals surface area contributed by atoms with Crippen LogP contribution in [-0.4, -0.2) is 18.7 Å². The summed E-state index contributed by atoms with van der Waals surface area (Å²) >= 11 is 1.73. The number of methoxy groups -OCH3 is 1. The van der Waals surface area contributed by atoms with Gasteiger partial charge >= 0.3 is 0 Å². The van der Waals surface area contributed by atoms with Crippen LogP contribution in [0.1, 0.15) is 34.3 Å². The lowest BCUT2D eigenvalue weighted by Gasteiger charge is -2.05. The van der Waals surface area contributed by atoms with E-state index in [1.165, 1.54) is 23.4 Å². The van der Waals surface area contributed by atoms with Crippen LogP contribution in [0, 0.1) is 0 Å². The fourth-order valence-electron chi connectivity index (χ4n) is 2.27. The minimum Gasteiger partial charge on any atom is -0.497 e. The van der Waals surface area contributed by atoms with E-state index < -0.39 is 0 Å². The van der Waals surface area contributed by atoms with Crippen LogP contribution >= 0.6 is 11.3 Å². The van der Waals surface area contributed by atoms with Gasteiger partial charge in [0.05, 0.1) is 24.4 Å². The molecule has 0 saturated heterocycles. The van der Waals surface area contributed by atoms with E-state index in [1.54, 1.807) is 18.4 Å². The van der Waals surface area contributed by atoms with Crippen molar-refractivity contribution in [2.24, 2.45) is 5.73 Å². The average Bonchev–Trinajstić information content (AvgIpc) is 3.29. The molecular weight excluding hydrogens is 284 g/mol. The summed E-state index contributed by atoms with van der Waals surface area (Å²) in [6.45, 7) is 1.23. The molecule has 0 atom stereocenters. The molecule has 0 aliphatic heterocycles. The summed E-state index contributed by atoms with van der Waals surface area (Å²) in [6.07, 6.45) is 3.35. The van der Waals surface area contributed by atoms with Crippen molar-refractivity contribution < 1.29 is 9.47 Å². The van der Waals surface area contributed by atoms with Crippen LogP contribution in [0.2, 0.25) is 0 Å². The zero-order valence-corrected chi connectivity index (χ0v) is 13.0. The first-order valence-electron chi connectivity index (χ1n) is 7.25. The highest BCUT2D eigenvalue weighted by Gasteiger charge is 2.29. The molecule has 1 aliphatic rings. The van der Waals surface area contributed by atoms with Crippen molar-refractivity contribution in [1.29, 1.82) is 0 Å². The number of nitrogens with two attached hydrogens (primary N) is 1. The van der Waals surface area contributed by atoms with E-state index in [9.17, 15) is 0 Å². The molecule has 1 saturated carbocycles. The monoisotopic (exact) mass is 304 g/mol. The van der Waals surface area contributed by atoms with Crippen LogP contribution in [0.5, 0.6) is 11.5 Å². The van der Waals surface area contributed by atoms with Crippen LogP contribution in [-0.2, 0) is 13.0 Å². The number of rotatable bonds is 7. The molecule has 2 aromatic rings. The van der Waals surface area contributed by atoms with E-state index in [4.69, 9.17) is 20.2 Å². The Hall–Kier alpha value is -1.59. The quantitative estimate of drug-likeness (QED) is 0.854. The SMILES string of the molecule is COc1ccc(OCCc2nc(C3CC3)c(CN)s2)cc1. The first-order valence-corrected chi connectivity index (χ1v) is 8.07. The number of aromatic nitrogens is 1. The number of nitrogens with zero attached hydrogens (tertiary/aromatic N) is 1. The lowest BCUT2D eigenvalue weighted by Crippen LogP contribution is -2.01. The molecule has 5 heteroatoms. The van der Waals surface area contributed by atoms with Crippen molar-refractivity contribution in [2.45, 2.75) is 31.7 Å². The van der Waals surface area contributed by atoms with Gasteiger partial charge in [-0.3, -0.25) is 0 Å². The number of thiazole rings is 1. The number of hydrogen-bond acceptors (Lipinski definition) is 5. The van der Waals surface area contributed by atoms with Crippen molar-refractivity contribution in [3.63, 3.8) is 0 Å². The van der Waals surface area contributed by atoms with Gasteiger partial charge in [0.25, 0.3) is 0 Å². The molecule has 1 aromatic heterocycles. The number of benzene rings is 1. The zero-order chi connectivity index (χ0) is 14.7. The van der Waals surface area contributed by atoms with Gasteiger partial charge in [0.2, 0.25) is 0 Å². The molecule has 1 aliphatic carbocycles. The molecule has 3 rings (SSSR count). The maximum absolute atomic E-state index is 5.80. The van der Waals surface area contributed by atoms with Gasteiger partial charge in [-0.1, -0.05) is 0 Å². The van der Waals surface area contributed by atoms with Crippen LogP contribution in [0.3, 0.4) is 0 Å². The largest absolute Gasteiger partial charge is 0.497 e. The van der Waals surface area contributed by atoms with Gasteiger partial charge in [0, 0.05) is 23.8 Å². The molecule has 112 valence electrons. The lowest BCUT2D eigenvalue weighted by molar-refractivity contribution is 0.321. The summed E-state index contributed by atoms with van der Waals surface area (Å²) in [6, 6.07) is 7.64. The van der Waals surface area contributed by atoms with Gasteiger partial charge in [0.1, 0.15) is 11.5 Å². The van der Waals surface area contributed by atoms with E-state index in [1.807, 2.05) is 24.3 Å². The fourth-order valence-corrected chi connectivity index (χ4v) is 3.29. The Kier molecular flexibility index (Phi) is 4.41. The second-order valence-electron chi connectivity index (χ2n) is 5.17. The van der Waals surface area contributed by atoms with E-state index >= 15 is 0 Å². The minimum absolute atomic E-state index is 0.600. The molecule has 0 amide bonds. The van der Waals surface area contributed by atoms with Gasteiger partial charge in [-0.15, -0.1) is 11.3 Å². The molecule has 1 fully saturated rings. The topological polar surface area (TPSA) is 57.4 Å². The first kappa shape index (κ1) is 14.4. The van der Waals surface area contributed by atoms with Gasteiger partial charge in [-0.2, -0.15) is 0 Å². The summed E-state index contributed by atoms with van der Waals surface area (Å²) < 4.78 is 10.9. The van der Waals surface area contributed by atoms with Gasteiger partial charge < -0.3 is 15.2 Å². The van der Waals surface area contributed by atoms with Crippen LogP contribution in [0.25, 0.3) is 0 Å². The standard InChI is InChI=1S/C16H20N2O2S/c1-19-12-4-6-13(7-5-12)20-9-8-15-18-16(11-2-3-11)14(10-17)21-15/h4-7,11H,2-3,8-10,17H2,1H3. The highest BCUT2D eigenvalue weighted by molar-refractivity contribution is 7.11. The third kappa shape index (κ3) is 3.54. The van der Waals surface area contributed by atoms with Crippen molar-refractivity contribution >= 4 is 11.3 Å². The van der Waals surface area contributed by atoms with Gasteiger partial charge in [-0.05, 0) is 37.1 Å². The third-order valence-corrected chi connectivity index (χ3v) is 4.72. The third-order valence-electron chi connectivity index (χ3n) is 3.57. The summed E-state index contributed by atoms with van der Waals surface area (Å²) in [5.41, 5.74) is 7.04. The summed E-state index contributed by atoms with van der Waals surface area (Å²) in [5, 5.41) is 1.13.